The Kier molecular flexibility index (Phi) is 3.25. The summed E-state index contributed by atoms with van der Waals surface area (Å²) < 4.78 is 0. The van der Waals surface area contributed by atoms with Gasteiger partial charge in [0.25, 0.3) is 0 Å². The molecule has 0 saturated heterocycles. The Morgan fingerprint density at radius 3 is 2.77 bits per heavy atom. The van der Waals surface area contributed by atoms with Crippen molar-refractivity contribution < 1.29 is 4.79 Å². The second-order valence-corrected chi connectivity index (χ2v) is 2.92. The van der Waals surface area contributed by atoms with Gasteiger partial charge in [-0.15, -0.1) is 0 Å². The molecule has 1 rings (SSSR count). The van der Waals surface area contributed by atoms with Crippen molar-refractivity contribution in [1.29, 1.82) is 0 Å². The molecule has 0 fully saturated rings. The monoisotopic (exact) mass is 179 g/mol. The van der Waals surface area contributed by atoms with E-state index in [-0.39, 0.29) is 0 Å². The van der Waals surface area contributed by atoms with E-state index in [1.165, 1.54) is 0 Å². The number of aromatic nitrogens is 1. The zero-order chi connectivity index (χ0) is 9.68. The van der Waals surface area contributed by atoms with E-state index in [1.54, 1.807) is 6.20 Å². The predicted octanol–water partition coefficient (Wildman–Crippen LogP) is 0.394. The minimum Gasteiger partial charge on any atom is -0.363 e. The standard InChI is InChI=1S/C9H13N3O/c1-12(2)9-4-3-8(6-11-9)5-10-7-13/h3-4,6-7H,5H2,1-2H3,(H,10,13). The number of nitrogens with one attached hydrogen (secondary N) is 1. The molecule has 0 aliphatic heterocycles. The number of hydrogen-bond acceptors (Lipinski definition) is 3. The lowest BCUT2D eigenvalue weighted by molar-refractivity contribution is -0.109. The molecule has 0 saturated carbocycles. The molecule has 1 aromatic rings. The number of anilines is 1. The lowest BCUT2D eigenvalue weighted by Gasteiger charge is -2.10. The van der Waals surface area contributed by atoms with Crippen LogP contribution in [0.2, 0.25) is 0 Å². The first kappa shape index (κ1) is 9.51. The van der Waals surface area contributed by atoms with Gasteiger partial charge in [0.2, 0.25) is 6.41 Å². The first-order valence-corrected chi connectivity index (χ1v) is 4.03. The lowest BCUT2D eigenvalue weighted by atomic mass is 10.3. The maximum absolute atomic E-state index is 10.0. The SMILES string of the molecule is CN(C)c1ccc(CNC=O)cn1. The minimum atomic E-state index is 0.532. The van der Waals surface area contributed by atoms with Gasteiger partial charge >= 0.3 is 0 Å². The summed E-state index contributed by atoms with van der Waals surface area (Å²) in [6, 6.07) is 3.86. The van der Waals surface area contributed by atoms with Crippen molar-refractivity contribution in [3.05, 3.63) is 23.9 Å². The molecule has 70 valence electrons. The van der Waals surface area contributed by atoms with Gasteiger partial charge in [-0.05, 0) is 11.6 Å². The van der Waals surface area contributed by atoms with Crippen LogP contribution >= 0.6 is 0 Å². The second kappa shape index (κ2) is 4.45. The van der Waals surface area contributed by atoms with Crippen LogP contribution in [0.3, 0.4) is 0 Å². The highest BCUT2D eigenvalue weighted by Crippen LogP contribution is 2.06. The fourth-order valence-corrected chi connectivity index (χ4v) is 0.945. The average molecular weight is 179 g/mol. The fourth-order valence-electron chi connectivity index (χ4n) is 0.945. The molecule has 1 N–H and O–H groups in total. The molecule has 0 aromatic carbocycles. The molecule has 1 amide bonds. The van der Waals surface area contributed by atoms with Crippen molar-refractivity contribution in [2.24, 2.45) is 0 Å². The molecule has 4 heteroatoms. The molecule has 0 radical (unpaired) electrons. The van der Waals surface area contributed by atoms with Gasteiger partial charge in [0.15, 0.2) is 0 Å². The Morgan fingerprint density at radius 1 is 1.54 bits per heavy atom. The van der Waals surface area contributed by atoms with Crippen LogP contribution in [-0.4, -0.2) is 25.5 Å². The Hall–Kier alpha value is -1.58. The minimum absolute atomic E-state index is 0.532. The normalized spacial score (nSPS) is 9.38. The number of pyridine rings is 1. The van der Waals surface area contributed by atoms with Crippen LogP contribution < -0.4 is 10.2 Å². The molecule has 1 heterocycles. The van der Waals surface area contributed by atoms with E-state index in [0.29, 0.717) is 13.0 Å². The van der Waals surface area contributed by atoms with E-state index >= 15 is 0 Å². The fraction of sp³-hybridized carbons (Fsp3) is 0.333. The van der Waals surface area contributed by atoms with Crippen molar-refractivity contribution in [1.82, 2.24) is 10.3 Å². The van der Waals surface area contributed by atoms with Crippen molar-refractivity contribution in [3.8, 4) is 0 Å². The van der Waals surface area contributed by atoms with Gasteiger partial charge < -0.3 is 10.2 Å². The Morgan fingerprint density at radius 2 is 2.31 bits per heavy atom. The van der Waals surface area contributed by atoms with E-state index in [2.05, 4.69) is 10.3 Å². The first-order valence-electron chi connectivity index (χ1n) is 4.03. The maximum Gasteiger partial charge on any atom is 0.207 e. The van der Waals surface area contributed by atoms with Gasteiger partial charge in [0.1, 0.15) is 5.82 Å². The van der Waals surface area contributed by atoms with Crippen LogP contribution in [0.4, 0.5) is 5.82 Å². The number of amides is 1. The highest BCUT2D eigenvalue weighted by Gasteiger charge is 1.96. The van der Waals surface area contributed by atoms with Crippen molar-refractivity contribution in [2.75, 3.05) is 19.0 Å². The molecule has 0 aliphatic rings. The molecule has 0 spiro atoms. The van der Waals surface area contributed by atoms with Crippen LogP contribution in [0.25, 0.3) is 0 Å². The third-order valence-electron chi connectivity index (χ3n) is 1.66. The predicted molar refractivity (Wildman–Crippen MR) is 51.5 cm³/mol. The lowest BCUT2D eigenvalue weighted by Crippen LogP contribution is -2.12. The Labute approximate surface area is 77.6 Å². The average Bonchev–Trinajstić information content (AvgIpc) is 2.15. The molecule has 0 atom stereocenters. The molecule has 0 aliphatic carbocycles. The summed E-state index contributed by atoms with van der Waals surface area (Å²) in [5, 5.41) is 2.58. The van der Waals surface area contributed by atoms with Crippen molar-refractivity contribution >= 4 is 12.2 Å². The van der Waals surface area contributed by atoms with Crippen molar-refractivity contribution in [3.63, 3.8) is 0 Å². The number of rotatable bonds is 4. The molecule has 0 unspecified atom stereocenters. The summed E-state index contributed by atoms with van der Waals surface area (Å²) in [6.07, 6.45) is 2.44. The summed E-state index contributed by atoms with van der Waals surface area (Å²) in [4.78, 5) is 16.1. The van der Waals surface area contributed by atoms with E-state index in [4.69, 9.17) is 0 Å². The zero-order valence-corrected chi connectivity index (χ0v) is 7.82. The van der Waals surface area contributed by atoms with Gasteiger partial charge in [-0.3, -0.25) is 4.79 Å². The number of carbonyl (C=O) groups is 1. The molecule has 0 bridgehead atoms. The van der Waals surface area contributed by atoms with Crippen molar-refractivity contribution in [2.45, 2.75) is 6.54 Å². The van der Waals surface area contributed by atoms with Gasteiger partial charge in [-0.2, -0.15) is 0 Å². The first-order chi connectivity index (χ1) is 6.24. The quantitative estimate of drug-likeness (QED) is 0.680. The summed E-state index contributed by atoms with van der Waals surface area (Å²) in [5.74, 6) is 0.912. The highest BCUT2D eigenvalue weighted by atomic mass is 16.1. The summed E-state index contributed by atoms with van der Waals surface area (Å²) in [5.41, 5.74) is 0.998. The van der Waals surface area contributed by atoms with Crippen LogP contribution in [0.1, 0.15) is 5.56 Å². The summed E-state index contributed by atoms with van der Waals surface area (Å²) >= 11 is 0. The number of carbonyl (C=O) groups excluding carboxylic acids is 1. The van der Waals surface area contributed by atoms with Crippen LogP contribution in [-0.2, 0) is 11.3 Å². The summed E-state index contributed by atoms with van der Waals surface area (Å²) in [6.45, 7) is 0.532. The third-order valence-corrected chi connectivity index (χ3v) is 1.66. The smallest absolute Gasteiger partial charge is 0.207 e. The number of hydrogen-bond donors (Lipinski definition) is 1. The van der Waals surface area contributed by atoms with E-state index < -0.39 is 0 Å². The zero-order valence-electron chi connectivity index (χ0n) is 7.82. The number of nitrogens with zero attached hydrogens (tertiary/aromatic N) is 2. The molecule has 13 heavy (non-hydrogen) atoms. The summed E-state index contributed by atoms with van der Waals surface area (Å²) in [7, 11) is 3.87. The van der Waals surface area contributed by atoms with Crippen LogP contribution in [0.5, 0.6) is 0 Å². The third kappa shape index (κ3) is 2.74. The van der Waals surface area contributed by atoms with Gasteiger partial charge in [-0.1, -0.05) is 6.07 Å². The van der Waals surface area contributed by atoms with Gasteiger partial charge in [0, 0.05) is 26.8 Å². The largest absolute Gasteiger partial charge is 0.363 e. The molecular weight excluding hydrogens is 166 g/mol. The van der Waals surface area contributed by atoms with Gasteiger partial charge in [0.05, 0.1) is 0 Å². The maximum atomic E-state index is 10.0. The Bertz CT molecular complexity index is 269. The van der Waals surface area contributed by atoms with E-state index in [1.807, 2.05) is 31.1 Å². The Balaban J connectivity index is 2.64. The molecule has 4 nitrogen and oxygen atoms in total. The van der Waals surface area contributed by atoms with Crippen LogP contribution in [0.15, 0.2) is 18.3 Å². The topological polar surface area (TPSA) is 45.2 Å². The van der Waals surface area contributed by atoms with E-state index in [9.17, 15) is 4.79 Å². The highest BCUT2D eigenvalue weighted by molar-refractivity contribution is 5.46. The molecule has 1 aromatic heterocycles. The second-order valence-electron chi connectivity index (χ2n) is 2.92. The van der Waals surface area contributed by atoms with Gasteiger partial charge in [-0.25, -0.2) is 4.98 Å². The van der Waals surface area contributed by atoms with E-state index in [0.717, 1.165) is 11.4 Å². The molecular formula is C9H13N3O. The van der Waals surface area contributed by atoms with Crippen LogP contribution in [0, 0.1) is 0 Å².